The Kier molecular flexibility index (Phi) is 5.89. The zero-order valence-electron chi connectivity index (χ0n) is 11.9. The molecule has 0 radical (unpaired) electrons. The molecule has 106 valence electrons. The minimum atomic E-state index is 0.450. The van der Waals surface area contributed by atoms with Gasteiger partial charge in [0, 0.05) is 45.4 Å². The number of hydrogen-bond acceptors (Lipinski definition) is 4. The van der Waals surface area contributed by atoms with E-state index < -0.39 is 0 Å². The van der Waals surface area contributed by atoms with Gasteiger partial charge in [-0.25, -0.2) is 0 Å². The Balaban J connectivity index is 1.62. The van der Waals surface area contributed by atoms with Crippen molar-refractivity contribution in [2.24, 2.45) is 0 Å². The van der Waals surface area contributed by atoms with E-state index in [1.54, 1.807) is 7.11 Å². The summed E-state index contributed by atoms with van der Waals surface area (Å²) in [6, 6.07) is 1.40. The summed E-state index contributed by atoms with van der Waals surface area (Å²) in [5, 5.41) is 3.56. The first kappa shape index (κ1) is 14.3. The fourth-order valence-electron chi connectivity index (χ4n) is 2.74. The molecule has 1 N–H and O–H groups in total. The molecule has 2 rings (SSSR count). The van der Waals surface area contributed by atoms with Crippen LogP contribution in [0.2, 0.25) is 0 Å². The van der Waals surface area contributed by atoms with Gasteiger partial charge < -0.3 is 14.8 Å². The maximum atomic E-state index is 5.62. The van der Waals surface area contributed by atoms with Crippen molar-refractivity contribution in [2.45, 2.75) is 50.8 Å². The van der Waals surface area contributed by atoms with E-state index in [0.29, 0.717) is 12.1 Å². The minimum absolute atomic E-state index is 0.450. The van der Waals surface area contributed by atoms with Crippen LogP contribution in [-0.4, -0.2) is 63.0 Å². The van der Waals surface area contributed by atoms with Gasteiger partial charge in [0.1, 0.15) is 0 Å². The zero-order chi connectivity index (χ0) is 12.8. The van der Waals surface area contributed by atoms with Gasteiger partial charge in [0.2, 0.25) is 0 Å². The fourth-order valence-corrected chi connectivity index (χ4v) is 2.74. The molecule has 18 heavy (non-hydrogen) atoms. The van der Waals surface area contributed by atoms with E-state index in [1.807, 2.05) is 0 Å². The second-order valence-electron chi connectivity index (χ2n) is 5.60. The Hall–Kier alpha value is -0.160. The topological polar surface area (TPSA) is 33.7 Å². The molecule has 0 aromatic rings. The van der Waals surface area contributed by atoms with Crippen molar-refractivity contribution < 1.29 is 9.47 Å². The summed E-state index contributed by atoms with van der Waals surface area (Å²) in [4.78, 5) is 2.59. The largest absolute Gasteiger partial charge is 0.383 e. The van der Waals surface area contributed by atoms with Crippen molar-refractivity contribution in [2.75, 3.05) is 40.0 Å². The molecule has 1 heterocycles. The molecule has 1 aliphatic heterocycles. The van der Waals surface area contributed by atoms with E-state index in [4.69, 9.17) is 9.47 Å². The van der Waals surface area contributed by atoms with Gasteiger partial charge in [0.25, 0.3) is 0 Å². The Labute approximate surface area is 111 Å². The second kappa shape index (κ2) is 7.43. The van der Waals surface area contributed by atoms with Crippen LogP contribution in [0.15, 0.2) is 0 Å². The lowest BCUT2D eigenvalue weighted by molar-refractivity contribution is 0.100. The van der Waals surface area contributed by atoms with Crippen molar-refractivity contribution >= 4 is 0 Å². The number of hydrogen-bond donors (Lipinski definition) is 1. The molecule has 0 bridgehead atoms. The Morgan fingerprint density at radius 2 is 2.22 bits per heavy atom. The number of nitrogens with one attached hydrogen (secondary N) is 1. The molecule has 2 unspecified atom stereocenters. The van der Waals surface area contributed by atoms with Crippen LogP contribution in [0, 0.1) is 0 Å². The van der Waals surface area contributed by atoms with E-state index in [9.17, 15) is 0 Å². The van der Waals surface area contributed by atoms with Gasteiger partial charge in [-0.3, -0.25) is 4.90 Å². The molecular formula is C14H28N2O2. The lowest BCUT2D eigenvalue weighted by Crippen LogP contribution is -2.44. The fraction of sp³-hybridized carbons (Fsp3) is 1.00. The molecule has 1 saturated heterocycles. The van der Waals surface area contributed by atoms with Gasteiger partial charge in [-0.1, -0.05) is 0 Å². The lowest BCUT2D eigenvalue weighted by atomic mass is 10.2. The highest BCUT2D eigenvalue weighted by Gasteiger charge is 2.31. The second-order valence-corrected chi connectivity index (χ2v) is 5.60. The summed E-state index contributed by atoms with van der Waals surface area (Å²) < 4.78 is 10.8. The van der Waals surface area contributed by atoms with Crippen LogP contribution >= 0.6 is 0 Å². The van der Waals surface area contributed by atoms with Gasteiger partial charge in [-0.2, -0.15) is 0 Å². The van der Waals surface area contributed by atoms with Crippen molar-refractivity contribution in [3.05, 3.63) is 0 Å². The Bertz CT molecular complexity index is 228. The van der Waals surface area contributed by atoms with Crippen LogP contribution in [0.3, 0.4) is 0 Å². The van der Waals surface area contributed by atoms with Gasteiger partial charge in [0.15, 0.2) is 0 Å². The Morgan fingerprint density at radius 3 is 2.83 bits per heavy atom. The summed E-state index contributed by atoms with van der Waals surface area (Å²) in [6.07, 6.45) is 5.62. The van der Waals surface area contributed by atoms with E-state index in [-0.39, 0.29) is 0 Å². The molecule has 2 aliphatic rings. The van der Waals surface area contributed by atoms with Crippen LogP contribution in [0.4, 0.5) is 0 Å². The van der Waals surface area contributed by atoms with Crippen molar-refractivity contribution in [1.29, 1.82) is 0 Å². The van der Waals surface area contributed by atoms with Crippen LogP contribution in [0.1, 0.15) is 32.6 Å². The highest BCUT2D eigenvalue weighted by atomic mass is 16.5. The number of nitrogens with zero attached hydrogens (tertiary/aromatic N) is 1. The average molecular weight is 256 g/mol. The predicted octanol–water partition coefficient (Wildman–Crippen LogP) is 1.25. The summed E-state index contributed by atoms with van der Waals surface area (Å²) in [5.41, 5.74) is 0. The molecule has 0 spiro atoms. The molecule has 4 nitrogen and oxygen atoms in total. The molecule has 0 aromatic carbocycles. The molecular weight excluding hydrogens is 228 g/mol. The summed E-state index contributed by atoms with van der Waals surface area (Å²) in [5.74, 6) is 0. The smallest absolute Gasteiger partial charge is 0.0700 e. The van der Waals surface area contributed by atoms with Gasteiger partial charge in [-0.15, -0.1) is 0 Å². The van der Waals surface area contributed by atoms with Gasteiger partial charge in [-0.05, 0) is 32.6 Å². The molecule has 2 fully saturated rings. The van der Waals surface area contributed by atoms with Crippen LogP contribution in [0.5, 0.6) is 0 Å². The number of ether oxygens (including phenoxy) is 2. The minimum Gasteiger partial charge on any atom is -0.383 e. The van der Waals surface area contributed by atoms with E-state index in [1.165, 1.54) is 25.7 Å². The van der Waals surface area contributed by atoms with E-state index >= 15 is 0 Å². The predicted molar refractivity (Wildman–Crippen MR) is 72.9 cm³/mol. The first-order valence-electron chi connectivity index (χ1n) is 7.38. The van der Waals surface area contributed by atoms with E-state index in [2.05, 4.69) is 17.1 Å². The summed E-state index contributed by atoms with van der Waals surface area (Å²) >= 11 is 0. The molecule has 4 heteroatoms. The SMILES string of the molecule is COCCN(C(C)CNCC1CCCO1)C1CC1. The first-order valence-corrected chi connectivity index (χ1v) is 7.38. The molecule has 1 aliphatic carbocycles. The molecule has 1 saturated carbocycles. The van der Waals surface area contributed by atoms with Crippen molar-refractivity contribution in [3.8, 4) is 0 Å². The first-order chi connectivity index (χ1) is 8.81. The number of rotatable bonds is 9. The molecule has 0 amide bonds. The highest BCUT2D eigenvalue weighted by Crippen LogP contribution is 2.28. The summed E-state index contributed by atoms with van der Waals surface area (Å²) in [6.45, 7) is 7.23. The Morgan fingerprint density at radius 1 is 1.39 bits per heavy atom. The average Bonchev–Trinajstić information content (AvgIpc) is 3.06. The third-order valence-electron chi connectivity index (χ3n) is 3.97. The number of methoxy groups -OCH3 is 1. The third kappa shape index (κ3) is 4.50. The van der Waals surface area contributed by atoms with Crippen LogP contribution in [0.25, 0.3) is 0 Å². The normalized spacial score (nSPS) is 25.8. The highest BCUT2D eigenvalue weighted by molar-refractivity contribution is 4.88. The van der Waals surface area contributed by atoms with Crippen LogP contribution < -0.4 is 5.32 Å². The third-order valence-corrected chi connectivity index (χ3v) is 3.97. The standard InChI is InChI=1S/C14H28N2O2/c1-12(10-15-11-14-4-3-8-18-14)16(7-9-17-2)13-5-6-13/h12-15H,3-11H2,1-2H3. The van der Waals surface area contributed by atoms with Gasteiger partial charge in [0.05, 0.1) is 12.7 Å². The monoisotopic (exact) mass is 256 g/mol. The molecule has 2 atom stereocenters. The lowest BCUT2D eigenvalue weighted by Gasteiger charge is -2.29. The maximum absolute atomic E-state index is 5.62. The van der Waals surface area contributed by atoms with Crippen molar-refractivity contribution in [3.63, 3.8) is 0 Å². The quantitative estimate of drug-likeness (QED) is 0.673. The van der Waals surface area contributed by atoms with Crippen LogP contribution in [-0.2, 0) is 9.47 Å². The maximum Gasteiger partial charge on any atom is 0.0700 e. The summed E-state index contributed by atoms with van der Waals surface area (Å²) in [7, 11) is 1.78. The van der Waals surface area contributed by atoms with Crippen molar-refractivity contribution in [1.82, 2.24) is 10.2 Å². The zero-order valence-corrected chi connectivity index (χ0v) is 11.9. The van der Waals surface area contributed by atoms with E-state index in [0.717, 1.165) is 38.9 Å². The van der Waals surface area contributed by atoms with Gasteiger partial charge >= 0.3 is 0 Å². The molecule has 0 aromatic heterocycles.